The number of nitrogens with one attached hydrogen (secondary N) is 2. The van der Waals surface area contributed by atoms with E-state index in [2.05, 4.69) is 48.7 Å². The van der Waals surface area contributed by atoms with Gasteiger partial charge < -0.3 is 10.6 Å². The van der Waals surface area contributed by atoms with Gasteiger partial charge in [-0.3, -0.25) is 4.79 Å². The summed E-state index contributed by atoms with van der Waals surface area (Å²) in [4.78, 5) is 12.1. The maximum Gasteiger partial charge on any atom is 0.237 e. The van der Waals surface area contributed by atoms with E-state index >= 15 is 0 Å². The van der Waals surface area contributed by atoms with Gasteiger partial charge in [0.1, 0.15) is 0 Å². The Bertz CT molecular complexity index is 433. The van der Waals surface area contributed by atoms with Crippen LogP contribution in [0.5, 0.6) is 0 Å². The molecule has 2 N–H and O–H groups in total. The molecule has 1 fully saturated rings. The van der Waals surface area contributed by atoms with Crippen LogP contribution in [0.3, 0.4) is 0 Å². The summed E-state index contributed by atoms with van der Waals surface area (Å²) >= 11 is 0. The van der Waals surface area contributed by atoms with Gasteiger partial charge in [0.25, 0.3) is 0 Å². The lowest BCUT2D eigenvalue weighted by Crippen LogP contribution is -2.41. The molecule has 1 aromatic carbocycles. The number of hydrogen-bond acceptors (Lipinski definition) is 2. The molecule has 3 heteroatoms. The summed E-state index contributed by atoms with van der Waals surface area (Å²) in [5.41, 5.74) is 2.53. The number of carbonyl (C=O) groups excluding carboxylic acids is 1. The zero-order valence-corrected chi connectivity index (χ0v) is 12.8. The molecule has 0 radical (unpaired) electrons. The van der Waals surface area contributed by atoms with Gasteiger partial charge in [0, 0.05) is 0 Å². The fraction of sp³-hybridized carbons (Fsp3) is 0.588. The molecule has 1 aliphatic rings. The third kappa shape index (κ3) is 4.07. The van der Waals surface area contributed by atoms with Crippen LogP contribution in [0.2, 0.25) is 0 Å². The van der Waals surface area contributed by atoms with Crippen molar-refractivity contribution < 1.29 is 4.79 Å². The van der Waals surface area contributed by atoms with Crippen LogP contribution in [0, 0.1) is 5.92 Å². The van der Waals surface area contributed by atoms with Gasteiger partial charge in [0.05, 0.1) is 12.1 Å². The Labute approximate surface area is 122 Å². The van der Waals surface area contributed by atoms with Crippen LogP contribution in [0.4, 0.5) is 0 Å². The minimum absolute atomic E-state index is 0.00216. The second kappa shape index (κ2) is 6.89. The smallest absolute Gasteiger partial charge is 0.237 e. The van der Waals surface area contributed by atoms with Crippen LogP contribution in [0.1, 0.15) is 50.8 Å². The van der Waals surface area contributed by atoms with Gasteiger partial charge in [-0.2, -0.15) is 0 Å². The highest BCUT2D eigenvalue weighted by molar-refractivity contribution is 5.82. The van der Waals surface area contributed by atoms with E-state index in [1.54, 1.807) is 0 Å². The van der Waals surface area contributed by atoms with Gasteiger partial charge in [-0.1, -0.05) is 38.1 Å². The molecule has 0 aromatic heterocycles. The highest BCUT2D eigenvalue weighted by atomic mass is 16.2. The minimum Gasteiger partial charge on any atom is -0.348 e. The van der Waals surface area contributed by atoms with Crippen molar-refractivity contribution in [1.82, 2.24) is 10.6 Å². The molecule has 1 amide bonds. The van der Waals surface area contributed by atoms with Crippen molar-refractivity contribution in [1.29, 1.82) is 0 Å². The summed E-state index contributed by atoms with van der Waals surface area (Å²) in [6.45, 7) is 7.46. The molecule has 0 saturated carbocycles. The molecule has 1 unspecified atom stereocenters. The zero-order valence-electron chi connectivity index (χ0n) is 12.8. The summed E-state index contributed by atoms with van der Waals surface area (Å²) in [6, 6.07) is 8.67. The Morgan fingerprint density at radius 3 is 2.55 bits per heavy atom. The quantitative estimate of drug-likeness (QED) is 0.867. The fourth-order valence-electron chi connectivity index (χ4n) is 2.72. The van der Waals surface area contributed by atoms with Crippen molar-refractivity contribution in [2.45, 2.75) is 52.1 Å². The average Bonchev–Trinajstić information content (AvgIpc) is 2.92. The van der Waals surface area contributed by atoms with Crippen LogP contribution >= 0.6 is 0 Å². The third-order valence-electron chi connectivity index (χ3n) is 3.86. The normalized spacial score (nSPS) is 20.1. The number of carbonyl (C=O) groups is 1. The highest BCUT2D eigenvalue weighted by Crippen LogP contribution is 2.16. The molecule has 1 aromatic rings. The molecular weight excluding hydrogens is 248 g/mol. The SMILES string of the molecule is CC(C)Cc1ccc(C(C)NC(=O)[C@H]2CCCN2)cc1. The molecule has 0 bridgehead atoms. The van der Waals surface area contributed by atoms with Gasteiger partial charge in [0.2, 0.25) is 5.91 Å². The first-order chi connectivity index (χ1) is 9.56. The molecule has 2 atom stereocenters. The lowest BCUT2D eigenvalue weighted by Gasteiger charge is -2.18. The van der Waals surface area contributed by atoms with E-state index in [9.17, 15) is 4.79 Å². The molecule has 0 aliphatic carbocycles. The van der Waals surface area contributed by atoms with Crippen LogP contribution in [-0.2, 0) is 11.2 Å². The van der Waals surface area contributed by atoms with E-state index in [0.29, 0.717) is 5.92 Å². The van der Waals surface area contributed by atoms with Gasteiger partial charge in [-0.15, -0.1) is 0 Å². The van der Waals surface area contributed by atoms with Crippen molar-refractivity contribution in [3.8, 4) is 0 Å². The first kappa shape index (κ1) is 15.0. The average molecular weight is 274 g/mol. The first-order valence-corrected chi connectivity index (χ1v) is 7.69. The molecule has 1 heterocycles. The van der Waals surface area contributed by atoms with Crippen LogP contribution in [-0.4, -0.2) is 18.5 Å². The Kier molecular flexibility index (Phi) is 5.18. The minimum atomic E-state index is -0.00216. The van der Waals surface area contributed by atoms with E-state index in [1.165, 1.54) is 11.1 Å². The number of hydrogen-bond donors (Lipinski definition) is 2. The van der Waals surface area contributed by atoms with Gasteiger partial charge >= 0.3 is 0 Å². The molecule has 20 heavy (non-hydrogen) atoms. The summed E-state index contributed by atoms with van der Waals surface area (Å²) in [5, 5.41) is 6.33. The number of benzene rings is 1. The largest absolute Gasteiger partial charge is 0.348 e. The molecule has 0 spiro atoms. The Hall–Kier alpha value is -1.35. The highest BCUT2D eigenvalue weighted by Gasteiger charge is 2.23. The van der Waals surface area contributed by atoms with Gasteiger partial charge in [0.15, 0.2) is 0 Å². The topological polar surface area (TPSA) is 41.1 Å². The molecule has 3 nitrogen and oxygen atoms in total. The van der Waals surface area contributed by atoms with Crippen molar-refractivity contribution in [2.75, 3.05) is 6.54 Å². The molecule has 2 rings (SSSR count). The van der Waals surface area contributed by atoms with Gasteiger partial charge in [-0.25, -0.2) is 0 Å². The zero-order chi connectivity index (χ0) is 14.5. The van der Waals surface area contributed by atoms with Crippen LogP contribution in [0.25, 0.3) is 0 Å². The van der Waals surface area contributed by atoms with E-state index in [0.717, 1.165) is 25.8 Å². The molecule has 110 valence electrons. The summed E-state index contributed by atoms with van der Waals surface area (Å²) in [5.74, 6) is 0.799. The Morgan fingerprint density at radius 2 is 2.00 bits per heavy atom. The van der Waals surface area contributed by atoms with Crippen LogP contribution in [0.15, 0.2) is 24.3 Å². The lowest BCUT2D eigenvalue weighted by atomic mass is 10.00. The third-order valence-corrected chi connectivity index (χ3v) is 3.86. The second-order valence-corrected chi connectivity index (χ2v) is 6.22. The van der Waals surface area contributed by atoms with Crippen molar-refractivity contribution in [3.05, 3.63) is 35.4 Å². The Balaban J connectivity index is 1.91. The molecular formula is C17H26N2O. The lowest BCUT2D eigenvalue weighted by molar-refractivity contribution is -0.123. The van der Waals surface area contributed by atoms with Crippen molar-refractivity contribution >= 4 is 5.91 Å². The van der Waals surface area contributed by atoms with E-state index < -0.39 is 0 Å². The van der Waals surface area contributed by atoms with Crippen LogP contribution < -0.4 is 10.6 Å². The maximum atomic E-state index is 12.1. The maximum absolute atomic E-state index is 12.1. The second-order valence-electron chi connectivity index (χ2n) is 6.22. The molecule has 1 saturated heterocycles. The molecule has 1 aliphatic heterocycles. The van der Waals surface area contributed by atoms with E-state index in [-0.39, 0.29) is 18.0 Å². The number of amides is 1. The summed E-state index contributed by atoms with van der Waals surface area (Å²) in [7, 11) is 0. The first-order valence-electron chi connectivity index (χ1n) is 7.69. The fourth-order valence-corrected chi connectivity index (χ4v) is 2.72. The predicted octanol–water partition coefficient (Wildman–Crippen LogP) is 2.81. The summed E-state index contributed by atoms with van der Waals surface area (Å²) < 4.78 is 0. The number of rotatable bonds is 5. The van der Waals surface area contributed by atoms with Crippen molar-refractivity contribution in [2.24, 2.45) is 5.92 Å². The van der Waals surface area contributed by atoms with E-state index in [1.807, 2.05) is 6.92 Å². The van der Waals surface area contributed by atoms with Crippen molar-refractivity contribution in [3.63, 3.8) is 0 Å². The predicted molar refractivity (Wildman–Crippen MR) is 82.6 cm³/mol. The monoisotopic (exact) mass is 274 g/mol. The van der Waals surface area contributed by atoms with Gasteiger partial charge in [-0.05, 0) is 49.8 Å². The standard InChI is InChI=1S/C17H26N2O/c1-12(2)11-14-6-8-15(9-7-14)13(3)19-17(20)16-5-4-10-18-16/h6-9,12-13,16,18H,4-5,10-11H2,1-3H3,(H,19,20)/t13?,16-/m1/s1. The summed E-state index contributed by atoms with van der Waals surface area (Å²) in [6.07, 6.45) is 3.15. The van der Waals surface area contributed by atoms with E-state index in [4.69, 9.17) is 0 Å². The Morgan fingerprint density at radius 1 is 1.30 bits per heavy atom.